The number of fused-ring (bicyclic) bond motifs is 1. The van der Waals surface area contributed by atoms with E-state index in [1.807, 2.05) is 12.1 Å². The molecule has 0 bridgehead atoms. The van der Waals surface area contributed by atoms with E-state index in [0.717, 1.165) is 24.2 Å². The molecule has 1 heterocycles. The van der Waals surface area contributed by atoms with Crippen LogP contribution in [0.3, 0.4) is 0 Å². The number of alkyl halides is 1. The lowest BCUT2D eigenvalue weighted by molar-refractivity contribution is 0.212. The molecular weight excluding hydrogens is 287 g/mol. The van der Waals surface area contributed by atoms with E-state index in [1.165, 1.54) is 17.2 Å². The van der Waals surface area contributed by atoms with Crippen molar-refractivity contribution in [2.24, 2.45) is 0 Å². The van der Waals surface area contributed by atoms with Crippen molar-refractivity contribution in [3.05, 3.63) is 65.0 Å². The van der Waals surface area contributed by atoms with Gasteiger partial charge in [0.15, 0.2) is 0 Å². The van der Waals surface area contributed by atoms with E-state index < -0.39 is 0 Å². The third-order valence-corrected chi connectivity index (χ3v) is 4.50. The second kappa shape index (κ2) is 6.07. The first-order chi connectivity index (χ1) is 10.2. The summed E-state index contributed by atoms with van der Waals surface area (Å²) < 4.78 is 19.2. The van der Waals surface area contributed by atoms with Gasteiger partial charge < -0.3 is 4.74 Å². The van der Waals surface area contributed by atoms with Crippen molar-refractivity contribution in [1.29, 1.82) is 0 Å². The van der Waals surface area contributed by atoms with Gasteiger partial charge in [-0.05, 0) is 42.7 Å². The predicted octanol–water partition coefficient (Wildman–Crippen LogP) is 4.85. The van der Waals surface area contributed by atoms with Crippen molar-refractivity contribution in [3.8, 4) is 5.75 Å². The largest absolute Gasteiger partial charge is 0.490 e. The molecule has 0 aromatic heterocycles. The zero-order valence-corrected chi connectivity index (χ0v) is 12.7. The Morgan fingerprint density at radius 2 is 2.10 bits per heavy atom. The summed E-state index contributed by atoms with van der Waals surface area (Å²) in [6.07, 6.45) is 1.68. The minimum absolute atomic E-state index is 0.0742. The number of benzene rings is 2. The number of halogens is 2. The fourth-order valence-corrected chi connectivity index (χ4v) is 3.35. The highest BCUT2D eigenvalue weighted by molar-refractivity contribution is 6.18. The van der Waals surface area contributed by atoms with Crippen molar-refractivity contribution in [2.75, 3.05) is 5.88 Å². The van der Waals surface area contributed by atoms with Crippen LogP contribution in [0.15, 0.2) is 42.5 Å². The van der Waals surface area contributed by atoms with Gasteiger partial charge in [0.1, 0.15) is 17.7 Å². The molecule has 1 aliphatic rings. The van der Waals surface area contributed by atoms with E-state index in [4.69, 9.17) is 16.3 Å². The minimum atomic E-state index is -0.203. The summed E-state index contributed by atoms with van der Waals surface area (Å²) in [5.41, 5.74) is 3.49. The Hall–Kier alpha value is -1.54. The molecule has 0 radical (unpaired) electrons. The first-order valence-corrected chi connectivity index (χ1v) is 7.77. The Morgan fingerprint density at radius 1 is 1.29 bits per heavy atom. The van der Waals surface area contributed by atoms with E-state index >= 15 is 0 Å². The lowest BCUT2D eigenvalue weighted by Gasteiger charge is -2.20. The quantitative estimate of drug-likeness (QED) is 0.734. The zero-order chi connectivity index (χ0) is 14.8. The molecule has 3 heteroatoms. The van der Waals surface area contributed by atoms with Gasteiger partial charge in [0.25, 0.3) is 0 Å². The Kier molecular flexibility index (Phi) is 4.16. The van der Waals surface area contributed by atoms with Gasteiger partial charge in [0.2, 0.25) is 0 Å². The molecule has 0 amide bonds. The lowest BCUT2D eigenvalue weighted by atomic mass is 9.90. The van der Waals surface area contributed by atoms with Crippen molar-refractivity contribution >= 4 is 11.6 Å². The van der Waals surface area contributed by atoms with Crippen molar-refractivity contribution in [2.45, 2.75) is 31.8 Å². The molecule has 0 N–H and O–H groups in total. The number of hydrogen-bond acceptors (Lipinski definition) is 1. The molecule has 0 aliphatic carbocycles. The van der Waals surface area contributed by atoms with E-state index in [2.05, 4.69) is 19.1 Å². The first-order valence-electron chi connectivity index (χ1n) is 7.24. The highest BCUT2D eigenvalue weighted by atomic mass is 35.5. The van der Waals surface area contributed by atoms with E-state index in [0.29, 0.717) is 5.88 Å². The van der Waals surface area contributed by atoms with E-state index in [-0.39, 0.29) is 17.8 Å². The van der Waals surface area contributed by atoms with Crippen LogP contribution in [-0.4, -0.2) is 12.0 Å². The maximum Gasteiger partial charge on any atom is 0.123 e. The van der Waals surface area contributed by atoms with E-state index in [9.17, 15) is 4.39 Å². The molecule has 0 saturated heterocycles. The van der Waals surface area contributed by atoms with Crippen LogP contribution in [0, 0.1) is 12.7 Å². The van der Waals surface area contributed by atoms with Crippen LogP contribution in [0.25, 0.3) is 0 Å². The highest BCUT2D eigenvalue weighted by Gasteiger charge is 2.27. The standard InChI is InChI=1S/C18H18ClFO/c1-12-4-2-3-5-17(12)14(11-19)10-16-9-13-8-15(20)6-7-18(13)21-16/h2-8,14,16H,9-11H2,1H3. The third-order valence-electron chi connectivity index (χ3n) is 4.13. The normalized spacial score (nSPS) is 18.1. The summed E-state index contributed by atoms with van der Waals surface area (Å²) in [5.74, 6) is 1.43. The molecule has 2 aromatic carbocycles. The van der Waals surface area contributed by atoms with Gasteiger partial charge in [-0.3, -0.25) is 0 Å². The summed E-state index contributed by atoms with van der Waals surface area (Å²) in [7, 11) is 0. The summed E-state index contributed by atoms with van der Waals surface area (Å²) in [5, 5.41) is 0. The average molecular weight is 305 g/mol. The molecule has 21 heavy (non-hydrogen) atoms. The summed E-state index contributed by atoms with van der Waals surface area (Å²) >= 11 is 6.17. The summed E-state index contributed by atoms with van der Waals surface area (Å²) in [6, 6.07) is 13.0. The second-order valence-electron chi connectivity index (χ2n) is 5.64. The Bertz CT molecular complexity index is 641. The monoisotopic (exact) mass is 304 g/mol. The molecule has 2 unspecified atom stereocenters. The third kappa shape index (κ3) is 3.06. The SMILES string of the molecule is Cc1ccccc1C(CCl)CC1Cc2cc(F)ccc2O1. The zero-order valence-electron chi connectivity index (χ0n) is 12.0. The minimum Gasteiger partial charge on any atom is -0.490 e. The van der Waals surface area contributed by atoms with Gasteiger partial charge in [-0.15, -0.1) is 11.6 Å². The van der Waals surface area contributed by atoms with Crippen molar-refractivity contribution < 1.29 is 9.13 Å². The molecule has 3 rings (SSSR count). The van der Waals surface area contributed by atoms with Gasteiger partial charge in [0, 0.05) is 23.8 Å². The smallest absolute Gasteiger partial charge is 0.123 e. The van der Waals surface area contributed by atoms with Gasteiger partial charge in [0.05, 0.1) is 0 Å². The van der Waals surface area contributed by atoms with Gasteiger partial charge in [-0.2, -0.15) is 0 Å². The number of ether oxygens (including phenoxy) is 1. The Balaban J connectivity index is 1.74. The topological polar surface area (TPSA) is 9.23 Å². The van der Waals surface area contributed by atoms with Crippen LogP contribution in [0.1, 0.15) is 29.0 Å². The number of rotatable bonds is 4. The molecule has 0 spiro atoms. The second-order valence-corrected chi connectivity index (χ2v) is 5.95. The molecule has 2 aromatic rings. The molecular formula is C18H18ClFO. The van der Waals surface area contributed by atoms with E-state index in [1.54, 1.807) is 12.1 Å². The summed E-state index contributed by atoms with van der Waals surface area (Å²) in [4.78, 5) is 0. The maximum atomic E-state index is 13.3. The maximum absolute atomic E-state index is 13.3. The fraction of sp³-hybridized carbons (Fsp3) is 0.333. The van der Waals surface area contributed by atoms with Gasteiger partial charge in [-0.1, -0.05) is 24.3 Å². The lowest BCUT2D eigenvalue weighted by Crippen LogP contribution is -2.18. The highest BCUT2D eigenvalue weighted by Crippen LogP contribution is 2.34. The van der Waals surface area contributed by atoms with Crippen LogP contribution >= 0.6 is 11.6 Å². The molecule has 1 nitrogen and oxygen atoms in total. The molecule has 2 atom stereocenters. The van der Waals surface area contributed by atoms with Crippen LogP contribution in [0.4, 0.5) is 4.39 Å². The molecule has 1 aliphatic heterocycles. The number of hydrogen-bond donors (Lipinski definition) is 0. The Morgan fingerprint density at radius 3 is 2.86 bits per heavy atom. The summed E-state index contributed by atoms with van der Waals surface area (Å²) in [6.45, 7) is 2.11. The van der Waals surface area contributed by atoms with Gasteiger partial charge >= 0.3 is 0 Å². The van der Waals surface area contributed by atoms with Crippen molar-refractivity contribution in [1.82, 2.24) is 0 Å². The van der Waals surface area contributed by atoms with Crippen molar-refractivity contribution in [3.63, 3.8) is 0 Å². The predicted molar refractivity (Wildman–Crippen MR) is 83.8 cm³/mol. The first kappa shape index (κ1) is 14.4. The average Bonchev–Trinajstić information content (AvgIpc) is 2.87. The number of aryl methyl sites for hydroxylation is 1. The fourth-order valence-electron chi connectivity index (χ4n) is 3.06. The molecule has 110 valence electrons. The van der Waals surface area contributed by atoms with Crippen LogP contribution in [0.2, 0.25) is 0 Å². The van der Waals surface area contributed by atoms with Crippen LogP contribution in [0.5, 0.6) is 5.75 Å². The Labute approximate surface area is 129 Å². The molecule has 0 fully saturated rings. The van der Waals surface area contributed by atoms with Gasteiger partial charge in [-0.25, -0.2) is 4.39 Å². The molecule has 0 saturated carbocycles. The van der Waals surface area contributed by atoms with Crippen LogP contribution < -0.4 is 4.74 Å². The van der Waals surface area contributed by atoms with Crippen LogP contribution in [-0.2, 0) is 6.42 Å².